The average molecular weight is 391 g/mol. The number of nitrogens with one attached hydrogen (secondary N) is 2. The van der Waals surface area contributed by atoms with E-state index in [1.165, 1.54) is 24.3 Å². The highest BCUT2D eigenvalue weighted by atomic mass is 32.2. The Hall–Kier alpha value is -2.38. The molecule has 2 aromatic carbocycles. The van der Waals surface area contributed by atoms with Gasteiger partial charge in [-0.15, -0.1) is 0 Å². The molecule has 0 aliphatic rings. The van der Waals surface area contributed by atoms with Crippen LogP contribution in [-0.2, 0) is 14.8 Å². The summed E-state index contributed by atoms with van der Waals surface area (Å²) in [7, 11) is -3.55. The van der Waals surface area contributed by atoms with Crippen LogP contribution in [0.15, 0.2) is 47.4 Å². The quantitative estimate of drug-likeness (QED) is 0.723. The highest BCUT2D eigenvalue weighted by Crippen LogP contribution is 2.18. The lowest BCUT2D eigenvalue weighted by molar-refractivity contribution is -0.118. The Morgan fingerprint density at radius 2 is 1.78 bits per heavy atom. The number of aryl methyl sites for hydroxylation is 2. The van der Waals surface area contributed by atoms with Crippen LogP contribution < -0.4 is 14.8 Å². The zero-order valence-electron chi connectivity index (χ0n) is 16.1. The Balaban J connectivity index is 1.93. The molecule has 0 saturated heterocycles. The second-order valence-electron chi connectivity index (χ2n) is 6.56. The molecule has 0 radical (unpaired) electrons. The van der Waals surface area contributed by atoms with E-state index in [0.717, 1.165) is 16.8 Å². The SMILES string of the molecule is CCC(C)NS(=O)(=O)c1ccc(OCC(=O)Nc2ccc(C)cc2C)cc1. The molecular weight excluding hydrogens is 364 g/mol. The number of carbonyl (C=O) groups excluding carboxylic acids is 1. The van der Waals surface area contributed by atoms with Gasteiger partial charge in [-0.05, 0) is 63.1 Å². The fourth-order valence-electron chi connectivity index (χ4n) is 2.42. The number of sulfonamides is 1. The summed E-state index contributed by atoms with van der Waals surface area (Å²) < 4.78 is 32.5. The molecule has 0 aromatic heterocycles. The molecule has 0 saturated carbocycles. The first-order valence-corrected chi connectivity index (χ1v) is 10.3. The first kappa shape index (κ1) is 20.9. The summed E-state index contributed by atoms with van der Waals surface area (Å²) in [6.45, 7) is 7.47. The summed E-state index contributed by atoms with van der Waals surface area (Å²) >= 11 is 0. The van der Waals surface area contributed by atoms with Crippen molar-refractivity contribution in [3.63, 3.8) is 0 Å². The largest absolute Gasteiger partial charge is 0.484 e. The van der Waals surface area contributed by atoms with Crippen LogP contribution in [0, 0.1) is 13.8 Å². The first-order chi connectivity index (χ1) is 12.7. The van der Waals surface area contributed by atoms with Gasteiger partial charge in [0.1, 0.15) is 5.75 Å². The summed E-state index contributed by atoms with van der Waals surface area (Å²) in [6.07, 6.45) is 0.704. The van der Waals surface area contributed by atoms with E-state index in [1.54, 1.807) is 0 Å². The van der Waals surface area contributed by atoms with Crippen LogP contribution in [0.4, 0.5) is 5.69 Å². The van der Waals surface area contributed by atoms with Gasteiger partial charge in [0.25, 0.3) is 5.91 Å². The van der Waals surface area contributed by atoms with Crippen molar-refractivity contribution in [3.8, 4) is 5.75 Å². The number of amides is 1. The van der Waals surface area contributed by atoms with Crippen molar-refractivity contribution in [2.75, 3.05) is 11.9 Å². The van der Waals surface area contributed by atoms with Gasteiger partial charge in [-0.2, -0.15) is 0 Å². The third-order valence-corrected chi connectivity index (χ3v) is 5.73. The van der Waals surface area contributed by atoms with E-state index in [4.69, 9.17) is 4.74 Å². The second-order valence-corrected chi connectivity index (χ2v) is 8.27. The number of rotatable bonds is 8. The number of benzene rings is 2. The normalized spacial score (nSPS) is 12.4. The van der Waals surface area contributed by atoms with Crippen LogP contribution in [0.25, 0.3) is 0 Å². The molecule has 1 amide bonds. The van der Waals surface area contributed by atoms with E-state index in [2.05, 4.69) is 10.0 Å². The van der Waals surface area contributed by atoms with Crippen molar-refractivity contribution in [1.82, 2.24) is 4.72 Å². The standard InChI is InChI=1S/C20H26N2O4S/c1-5-16(4)22-27(24,25)18-9-7-17(8-10-18)26-13-20(23)21-19-11-6-14(2)12-15(19)3/h6-12,16,22H,5,13H2,1-4H3,(H,21,23). The van der Waals surface area contributed by atoms with Crippen LogP contribution in [0.2, 0.25) is 0 Å². The number of ether oxygens (including phenoxy) is 1. The lowest BCUT2D eigenvalue weighted by Crippen LogP contribution is -2.31. The molecule has 0 spiro atoms. The first-order valence-electron chi connectivity index (χ1n) is 8.83. The number of anilines is 1. The van der Waals surface area contributed by atoms with E-state index >= 15 is 0 Å². The van der Waals surface area contributed by atoms with Gasteiger partial charge in [0.05, 0.1) is 4.90 Å². The van der Waals surface area contributed by atoms with Crippen LogP contribution in [0.3, 0.4) is 0 Å². The zero-order chi connectivity index (χ0) is 20.0. The summed E-state index contributed by atoms with van der Waals surface area (Å²) in [4.78, 5) is 12.2. The van der Waals surface area contributed by atoms with Crippen molar-refractivity contribution in [1.29, 1.82) is 0 Å². The third kappa shape index (κ3) is 6.08. The maximum absolute atomic E-state index is 12.2. The fourth-order valence-corrected chi connectivity index (χ4v) is 3.75. The van der Waals surface area contributed by atoms with Gasteiger partial charge in [-0.25, -0.2) is 13.1 Å². The molecule has 0 aliphatic heterocycles. The molecule has 2 aromatic rings. The minimum absolute atomic E-state index is 0.139. The highest BCUT2D eigenvalue weighted by molar-refractivity contribution is 7.89. The molecule has 0 aliphatic carbocycles. The molecule has 1 unspecified atom stereocenters. The van der Waals surface area contributed by atoms with Gasteiger partial charge in [-0.3, -0.25) is 4.79 Å². The fraction of sp³-hybridized carbons (Fsp3) is 0.350. The highest BCUT2D eigenvalue weighted by Gasteiger charge is 2.16. The van der Waals surface area contributed by atoms with Crippen molar-refractivity contribution in [3.05, 3.63) is 53.6 Å². The van der Waals surface area contributed by atoms with E-state index in [-0.39, 0.29) is 23.5 Å². The van der Waals surface area contributed by atoms with Gasteiger partial charge < -0.3 is 10.1 Å². The summed E-state index contributed by atoms with van der Waals surface area (Å²) in [5, 5.41) is 2.80. The van der Waals surface area contributed by atoms with Gasteiger partial charge >= 0.3 is 0 Å². The molecule has 2 N–H and O–H groups in total. The molecule has 6 nitrogen and oxygen atoms in total. The number of hydrogen-bond acceptors (Lipinski definition) is 4. The number of carbonyl (C=O) groups is 1. The summed E-state index contributed by atoms with van der Waals surface area (Å²) in [5.74, 6) is 0.144. The zero-order valence-corrected chi connectivity index (χ0v) is 16.9. The lowest BCUT2D eigenvalue weighted by Gasteiger charge is -2.13. The maximum atomic E-state index is 12.2. The molecule has 7 heteroatoms. The molecule has 27 heavy (non-hydrogen) atoms. The van der Waals surface area contributed by atoms with E-state index in [0.29, 0.717) is 12.2 Å². The van der Waals surface area contributed by atoms with Crippen molar-refractivity contribution < 1.29 is 17.9 Å². The minimum Gasteiger partial charge on any atom is -0.484 e. The van der Waals surface area contributed by atoms with Crippen LogP contribution in [0.5, 0.6) is 5.75 Å². The summed E-state index contributed by atoms with van der Waals surface area (Å²) in [5.41, 5.74) is 2.85. The van der Waals surface area contributed by atoms with Crippen molar-refractivity contribution >= 4 is 21.6 Å². The van der Waals surface area contributed by atoms with Crippen LogP contribution in [0.1, 0.15) is 31.4 Å². The lowest BCUT2D eigenvalue weighted by atomic mass is 10.1. The summed E-state index contributed by atoms with van der Waals surface area (Å²) in [6, 6.07) is 11.6. The second kappa shape index (κ2) is 9.01. The monoisotopic (exact) mass is 390 g/mol. The predicted molar refractivity (Wildman–Crippen MR) is 107 cm³/mol. The van der Waals surface area contributed by atoms with Crippen molar-refractivity contribution in [2.45, 2.75) is 45.1 Å². The molecule has 2 rings (SSSR count). The Morgan fingerprint density at radius 3 is 2.37 bits per heavy atom. The van der Waals surface area contributed by atoms with Crippen molar-refractivity contribution in [2.24, 2.45) is 0 Å². The van der Waals surface area contributed by atoms with Gasteiger partial charge in [0.15, 0.2) is 6.61 Å². The molecule has 146 valence electrons. The van der Waals surface area contributed by atoms with Crippen LogP contribution >= 0.6 is 0 Å². The Labute approximate surface area is 161 Å². The third-order valence-electron chi connectivity index (χ3n) is 4.13. The predicted octanol–water partition coefficient (Wildman–Crippen LogP) is 3.40. The van der Waals surface area contributed by atoms with E-state index in [1.807, 2.05) is 45.9 Å². The minimum atomic E-state index is -3.55. The Kier molecular flexibility index (Phi) is 6.98. The van der Waals surface area contributed by atoms with E-state index < -0.39 is 10.0 Å². The van der Waals surface area contributed by atoms with Crippen LogP contribution in [-0.4, -0.2) is 27.0 Å². The number of hydrogen-bond donors (Lipinski definition) is 2. The Bertz CT molecular complexity index is 893. The maximum Gasteiger partial charge on any atom is 0.262 e. The van der Waals surface area contributed by atoms with Gasteiger partial charge in [-0.1, -0.05) is 24.6 Å². The van der Waals surface area contributed by atoms with E-state index in [9.17, 15) is 13.2 Å². The molecular formula is C20H26N2O4S. The van der Waals surface area contributed by atoms with Gasteiger partial charge in [0.2, 0.25) is 10.0 Å². The molecule has 1 atom stereocenters. The molecule has 0 fully saturated rings. The smallest absolute Gasteiger partial charge is 0.262 e. The Morgan fingerprint density at radius 1 is 1.11 bits per heavy atom. The topological polar surface area (TPSA) is 84.5 Å². The van der Waals surface area contributed by atoms with Gasteiger partial charge in [0, 0.05) is 11.7 Å². The average Bonchev–Trinajstić information content (AvgIpc) is 2.62. The molecule has 0 heterocycles. The molecule has 0 bridgehead atoms.